The van der Waals surface area contributed by atoms with E-state index in [1.165, 1.54) is 0 Å². The first-order valence-electron chi connectivity index (χ1n) is 9.26. The molecule has 0 saturated carbocycles. The Balaban J connectivity index is 1.44. The molecule has 1 amide bonds. The van der Waals surface area contributed by atoms with E-state index < -0.39 is 0 Å². The molecule has 0 bridgehead atoms. The van der Waals surface area contributed by atoms with Crippen molar-refractivity contribution in [1.82, 2.24) is 25.3 Å². The van der Waals surface area contributed by atoms with E-state index in [1.807, 2.05) is 37.3 Å². The van der Waals surface area contributed by atoms with Crippen LogP contribution in [0.1, 0.15) is 26.2 Å². The third-order valence-electron chi connectivity index (χ3n) is 4.70. The maximum absolute atomic E-state index is 12.0. The average molecular weight is 357 g/mol. The van der Waals surface area contributed by atoms with Gasteiger partial charge in [-0.15, -0.1) is 10.2 Å². The van der Waals surface area contributed by atoms with Gasteiger partial charge in [-0.05, 0) is 25.5 Å². The van der Waals surface area contributed by atoms with Crippen molar-refractivity contribution in [2.24, 2.45) is 0 Å². The van der Waals surface area contributed by atoms with Crippen LogP contribution in [0.5, 0.6) is 0 Å². The summed E-state index contributed by atoms with van der Waals surface area (Å²) in [6, 6.07) is 10.0. The predicted molar refractivity (Wildman–Crippen MR) is 99.3 cm³/mol. The van der Waals surface area contributed by atoms with Crippen molar-refractivity contribution in [3.05, 3.63) is 36.2 Å². The van der Waals surface area contributed by atoms with Gasteiger partial charge in [0, 0.05) is 37.8 Å². The molecule has 26 heavy (non-hydrogen) atoms. The molecular weight excluding hydrogens is 330 g/mol. The number of aromatic nitrogens is 2. The molecule has 0 aliphatic carbocycles. The summed E-state index contributed by atoms with van der Waals surface area (Å²) in [6.45, 7) is 8.73. The molecule has 1 aliphatic heterocycles. The van der Waals surface area contributed by atoms with Crippen LogP contribution in [-0.2, 0) is 11.3 Å². The highest BCUT2D eigenvalue weighted by Gasteiger charge is 2.21. The van der Waals surface area contributed by atoms with Crippen LogP contribution in [0.15, 0.2) is 34.7 Å². The number of carbonyl (C=O) groups is 1. The van der Waals surface area contributed by atoms with E-state index in [-0.39, 0.29) is 11.9 Å². The zero-order chi connectivity index (χ0) is 18.4. The second-order valence-electron chi connectivity index (χ2n) is 6.80. The number of rotatable bonds is 7. The van der Waals surface area contributed by atoms with Crippen molar-refractivity contribution in [3.63, 3.8) is 0 Å². The standard InChI is InChI=1S/C19H27N5O2/c1-3-15(2)20-17(25)13-23-9-11-24(12-10-23)14-18-21-22-19(26-18)16-7-5-4-6-8-16/h4-8,15H,3,9-14H2,1-2H3,(H,20,25). The van der Waals surface area contributed by atoms with Crippen LogP contribution in [0.3, 0.4) is 0 Å². The molecule has 7 heteroatoms. The molecule has 2 heterocycles. The van der Waals surface area contributed by atoms with Crippen molar-refractivity contribution in [2.75, 3.05) is 32.7 Å². The summed E-state index contributed by atoms with van der Waals surface area (Å²) >= 11 is 0. The van der Waals surface area contributed by atoms with E-state index in [1.54, 1.807) is 0 Å². The van der Waals surface area contributed by atoms with Crippen molar-refractivity contribution < 1.29 is 9.21 Å². The molecule has 0 radical (unpaired) electrons. The van der Waals surface area contributed by atoms with Gasteiger partial charge >= 0.3 is 0 Å². The number of carbonyl (C=O) groups excluding carboxylic acids is 1. The highest BCUT2D eigenvalue weighted by atomic mass is 16.4. The molecule has 140 valence electrons. The number of amides is 1. The van der Waals surface area contributed by atoms with Crippen LogP contribution >= 0.6 is 0 Å². The van der Waals surface area contributed by atoms with Gasteiger partial charge in [0.1, 0.15) is 0 Å². The molecule has 1 aromatic heterocycles. The lowest BCUT2D eigenvalue weighted by Gasteiger charge is -2.33. The molecule has 1 aliphatic rings. The lowest BCUT2D eigenvalue weighted by Crippen LogP contribution is -2.49. The van der Waals surface area contributed by atoms with Crippen LogP contribution < -0.4 is 5.32 Å². The van der Waals surface area contributed by atoms with Crippen molar-refractivity contribution >= 4 is 5.91 Å². The van der Waals surface area contributed by atoms with Gasteiger partial charge in [0.15, 0.2) is 0 Å². The largest absolute Gasteiger partial charge is 0.419 e. The molecule has 1 N–H and O–H groups in total. The molecule has 1 saturated heterocycles. The maximum Gasteiger partial charge on any atom is 0.247 e. The molecule has 1 aromatic carbocycles. The van der Waals surface area contributed by atoms with E-state index in [2.05, 4.69) is 32.2 Å². The monoisotopic (exact) mass is 357 g/mol. The van der Waals surface area contributed by atoms with Gasteiger partial charge in [-0.3, -0.25) is 14.6 Å². The molecule has 1 fully saturated rings. The minimum atomic E-state index is 0.109. The summed E-state index contributed by atoms with van der Waals surface area (Å²) in [7, 11) is 0. The lowest BCUT2D eigenvalue weighted by molar-refractivity contribution is -0.123. The number of hydrogen-bond acceptors (Lipinski definition) is 6. The van der Waals surface area contributed by atoms with Crippen molar-refractivity contribution in [2.45, 2.75) is 32.9 Å². The van der Waals surface area contributed by atoms with Crippen LogP contribution in [0.25, 0.3) is 11.5 Å². The molecule has 1 unspecified atom stereocenters. The summed E-state index contributed by atoms with van der Waals surface area (Å²) in [5.74, 6) is 1.30. The fourth-order valence-electron chi connectivity index (χ4n) is 2.94. The third kappa shape index (κ3) is 5.12. The maximum atomic E-state index is 12.0. The zero-order valence-corrected chi connectivity index (χ0v) is 15.5. The van der Waals surface area contributed by atoms with Gasteiger partial charge in [-0.2, -0.15) is 0 Å². The molecule has 0 spiro atoms. The number of benzene rings is 1. The van der Waals surface area contributed by atoms with Crippen LogP contribution in [0.4, 0.5) is 0 Å². The summed E-state index contributed by atoms with van der Waals surface area (Å²) in [5, 5.41) is 11.3. The topological polar surface area (TPSA) is 74.5 Å². The van der Waals surface area contributed by atoms with E-state index in [0.29, 0.717) is 24.9 Å². The first-order chi connectivity index (χ1) is 12.6. The Morgan fingerprint density at radius 3 is 2.54 bits per heavy atom. The third-order valence-corrected chi connectivity index (χ3v) is 4.70. The number of nitrogens with zero attached hydrogens (tertiary/aromatic N) is 4. The van der Waals surface area contributed by atoms with E-state index in [9.17, 15) is 4.79 Å². The molecule has 3 rings (SSSR count). The normalized spacial score (nSPS) is 17.2. The second kappa shape index (κ2) is 8.91. The Morgan fingerprint density at radius 2 is 1.85 bits per heavy atom. The van der Waals surface area contributed by atoms with Crippen molar-refractivity contribution in [3.8, 4) is 11.5 Å². The summed E-state index contributed by atoms with van der Waals surface area (Å²) < 4.78 is 5.78. The Kier molecular flexibility index (Phi) is 6.35. The van der Waals surface area contributed by atoms with Crippen LogP contribution in [0, 0.1) is 0 Å². The molecule has 1 atom stereocenters. The number of hydrogen-bond donors (Lipinski definition) is 1. The first-order valence-corrected chi connectivity index (χ1v) is 9.26. The summed E-state index contributed by atoms with van der Waals surface area (Å²) in [5.41, 5.74) is 0.934. The Hall–Kier alpha value is -2.25. The lowest BCUT2D eigenvalue weighted by atomic mass is 10.2. The second-order valence-corrected chi connectivity index (χ2v) is 6.80. The fraction of sp³-hybridized carbons (Fsp3) is 0.526. The summed E-state index contributed by atoms with van der Waals surface area (Å²) in [4.78, 5) is 16.5. The Labute approximate surface area is 154 Å². The highest BCUT2D eigenvalue weighted by molar-refractivity contribution is 5.78. The van der Waals surface area contributed by atoms with Crippen LogP contribution in [0.2, 0.25) is 0 Å². The zero-order valence-electron chi connectivity index (χ0n) is 15.5. The van der Waals surface area contributed by atoms with Gasteiger partial charge in [0.25, 0.3) is 0 Å². The van der Waals surface area contributed by atoms with Gasteiger partial charge in [-0.25, -0.2) is 0 Å². The first kappa shape index (κ1) is 18.5. The highest BCUT2D eigenvalue weighted by Crippen LogP contribution is 2.18. The minimum Gasteiger partial charge on any atom is -0.419 e. The Bertz CT molecular complexity index is 695. The van der Waals surface area contributed by atoms with Gasteiger partial charge < -0.3 is 9.73 Å². The Morgan fingerprint density at radius 1 is 1.15 bits per heavy atom. The van der Waals surface area contributed by atoms with E-state index in [0.717, 1.165) is 38.2 Å². The van der Waals surface area contributed by atoms with Gasteiger partial charge in [0.05, 0.1) is 13.1 Å². The molecule has 7 nitrogen and oxygen atoms in total. The fourth-order valence-corrected chi connectivity index (χ4v) is 2.94. The van der Waals surface area contributed by atoms with Gasteiger partial charge in [0.2, 0.25) is 17.7 Å². The van der Waals surface area contributed by atoms with Crippen LogP contribution in [-0.4, -0.2) is 64.7 Å². The summed E-state index contributed by atoms with van der Waals surface area (Å²) in [6.07, 6.45) is 0.953. The van der Waals surface area contributed by atoms with Gasteiger partial charge in [-0.1, -0.05) is 25.1 Å². The quantitative estimate of drug-likeness (QED) is 0.814. The molecular formula is C19H27N5O2. The average Bonchev–Trinajstić information content (AvgIpc) is 3.12. The SMILES string of the molecule is CCC(C)NC(=O)CN1CCN(Cc2nnc(-c3ccccc3)o2)CC1. The minimum absolute atomic E-state index is 0.109. The van der Waals surface area contributed by atoms with Crippen molar-refractivity contribution in [1.29, 1.82) is 0 Å². The van der Waals surface area contributed by atoms with E-state index >= 15 is 0 Å². The number of nitrogens with one attached hydrogen (secondary N) is 1. The molecule has 2 aromatic rings. The predicted octanol–water partition coefficient (Wildman–Crippen LogP) is 1.77. The smallest absolute Gasteiger partial charge is 0.247 e. The van der Waals surface area contributed by atoms with E-state index in [4.69, 9.17) is 4.42 Å². The number of piperazine rings is 1.